The van der Waals surface area contributed by atoms with Gasteiger partial charge in [0.15, 0.2) is 10.5 Å². The molecule has 2 aromatic rings. The number of aliphatic hydroxyl groups is 1. The maximum absolute atomic E-state index is 13.8. The second-order valence-corrected chi connectivity index (χ2v) is 13.9. The highest BCUT2D eigenvalue weighted by molar-refractivity contribution is 7.96. The smallest absolute Gasteiger partial charge is 0.333 e. The normalized spacial score (nSPS) is 36.1. The van der Waals surface area contributed by atoms with E-state index in [1.165, 1.54) is 17.7 Å². The highest BCUT2D eigenvalue weighted by atomic mass is 32.1. The van der Waals surface area contributed by atoms with E-state index in [2.05, 4.69) is 38.6 Å². The second-order valence-electron chi connectivity index (χ2n) is 13.5. The SMILES string of the molecule is C[C@]12C[C@H](O)[C@H]3[C@@H](CCC4=Cc5c(c(OC(=O)C6(C#N)CC6)nn5-c5ccc(F)cc5)C[C@@]43C)[C@@H]1CC[C@H]2C(=O)S. The Morgan fingerprint density at radius 3 is 2.59 bits per heavy atom. The van der Waals surface area contributed by atoms with E-state index < -0.39 is 22.9 Å². The number of nitrogens with zero attached hydrogens (tertiary/aromatic N) is 3. The Morgan fingerprint density at radius 2 is 1.93 bits per heavy atom. The minimum absolute atomic E-state index is 0.0194. The molecule has 7 nitrogen and oxygen atoms in total. The van der Waals surface area contributed by atoms with Crippen LogP contribution in [-0.4, -0.2) is 32.1 Å². The highest BCUT2D eigenvalue weighted by Gasteiger charge is 2.63. The fourth-order valence-electron chi connectivity index (χ4n) is 9.17. The minimum atomic E-state index is -1.12. The van der Waals surface area contributed by atoms with Gasteiger partial charge in [-0.05, 0) is 110 Å². The predicted octanol–water partition coefficient (Wildman–Crippen LogP) is 5.45. The molecule has 0 saturated heterocycles. The molecule has 5 aliphatic rings. The minimum Gasteiger partial charge on any atom is -0.404 e. The van der Waals surface area contributed by atoms with Crippen LogP contribution >= 0.6 is 12.6 Å². The van der Waals surface area contributed by atoms with E-state index in [0.29, 0.717) is 37.3 Å². The molecule has 0 unspecified atom stereocenters. The van der Waals surface area contributed by atoms with Crippen molar-refractivity contribution in [1.82, 2.24) is 9.78 Å². The maximum atomic E-state index is 13.8. The number of nitriles is 1. The third-order valence-electron chi connectivity index (χ3n) is 11.4. The van der Waals surface area contributed by atoms with Gasteiger partial charge in [0, 0.05) is 11.5 Å². The number of thiol groups is 1. The number of hydrogen-bond acceptors (Lipinski definition) is 6. The number of rotatable bonds is 4. The van der Waals surface area contributed by atoms with Crippen molar-refractivity contribution in [3.63, 3.8) is 0 Å². The first kappa shape index (κ1) is 26.9. The number of allylic oxidation sites excluding steroid dienone is 1. The van der Waals surface area contributed by atoms with Gasteiger partial charge in [-0.3, -0.25) is 4.79 Å². The van der Waals surface area contributed by atoms with Gasteiger partial charge in [-0.1, -0.05) is 19.4 Å². The van der Waals surface area contributed by atoms with Crippen LogP contribution in [0.1, 0.15) is 70.1 Å². The zero-order valence-electron chi connectivity index (χ0n) is 23.3. The number of aromatic nitrogens is 2. The summed E-state index contributed by atoms with van der Waals surface area (Å²) in [6.45, 7) is 4.38. The van der Waals surface area contributed by atoms with Crippen LogP contribution in [0.4, 0.5) is 4.39 Å². The fourth-order valence-corrected chi connectivity index (χ4v) is 9.59. The van der Waals surface area contributed by atoms with Gasteiger partial charge in [0.05, 0.1) is 23.6 Å². The van der Waals surface area contributed by atoms with Crippen molar-refractivity contribution in [2.75, 3.05) is 0 Å². The lowest BCUT2D eigenvalue weighted by atomic mass is 9.46. The molecular formula is C32H34FN3O4S. The summed E-state index contributed by atoms with van der Waals surface area (Å²) in [5.41, 5.74) is 1.64. The van der Waals surface area contributed by atoms with Gasteiger partial charge >= 0.3 is 5.97 Å². The van der Waals surface area contributed by atoms with E-state index in [0.717, 1.165) is 36.9 Å². The average molecular weight is 576 g/mol. The number of aliphatic hydroxyl groups excluding tert-OH is 1. The fraction of sp³-hybridized carbons (Fsp3) is 0.562. The van der Waals surface area contributed by atoms with Gasteiger partial charge in [-0.2, -0.15) is 5.26 Å². The monoisotopic (exact) mass is 575 g/mol. The second kappa shape index (κ2) is 9.02. The molecule has 0 aliphatic heterocycles. The van der Waals surface area contributed by atoms with Crippen LogP contribution in [0.5, 0.6) is 5.88 Å². The van der Waals surface area contributed by atoms with Gasteiger partial charge in [0.1, 0.15) is 5.82 Å². The molecule has 0 spiro atoms. The summed E-state index contributed by atoms with van der Waals surface area (Å²) in [6, 6.07) is 8.12. The molecule has 214 valence electrons. The first-order valence-corrected chi connectivity index (χ1v) is 15.1. The molecule has 0 bridgehead atoms. The van der Waals surface area contributed by atoms with E-state index in [9.17, 15) is 24.3 Å². The number of ether oxygens (including phenoxy) is 1. The third-order valence-corrected chi connectivity index (χ3v) is 11.7. The predicted molar refractivity (Wildman–Crippen MR) is 151 cm³/mol. The molecule has 5 aliphatic carbocycles. The van der Waals surface area contributed by atoms with E-state index >= 15 is 0 Å². The molecule has 9 heteroatoms. The van der Waals surface area contributed by atoms with Crippen LogP contribution in [0.3, 0.4) is 0 Å². The first-order chi connectivity index (χ1) is 19.5. The summed E-state index contributed by atoms with van der Waals surface area (Å²) in [4.78, 5) is 25.5. The lowest BCUT2D eigenvalue weighted by molar-refractivity contribution is -0.139. The quantitative estimate of drug-likeness (QED) is 0.371. The van der Waals surface area contributed by atoms with Crippen molar-refractivity contribution in [2.24, 2.45) is 39.9 Å². The Kier molecular flexibility index (Phi) is 5.92. The first-order valence-electron chi connectivity index (χ1n) is 14.6. The van der Waals surface area contributed by atoms with Crippen molar-refractivity contribution in [3.8, 4) is 17.6 Å². The topological polar surface area (TPSA) is 105 Å². The zero-order valence-corrected chi connectivity index (χ0v) is 24.2. The Labute approximate surface area is 244 Å². The number of benzene rings is 1. The third kappa shape index (κ3) is 3.82. The van der Waals surface area contributed by atoms with Gasteiger partial charge in [0.25, 0.3) is 0 Å². The van der Waals surface area contributed by atoms with Crippen molar-refractivity contribution in [1.29, 1.82) is 5.26 Å². The average Bonchev–Trinajstić information content (AvgIpc) is 3.56. The largest absolute Gasteiger partial charge is 0.404 e. The maximum Gasteiger partial charge on any atom is 0.333 e. The van der Waals surface area contributed by atoms with Crippen LogP contribution < -0.4 is 4.74 Å². The summed E-state index contributed by atoms with van der Waals surface area (Å²) < 4.78 is 21.3. The Hall–Kier alpha value is -2.96. The van der Waals surface area contributed by atoms with Crippen LogP contribution in [0.15, 0.2) is 29.8 Å². The van der Waals surface area contributed by atoms with Crippen molar-refractivity contribution in [3.05, 3.63) is 46.9 Å². The number of esters is 1. The number of carbonyl (C=O) groups is 2. The van der Waals surface area contributed by atoms with Crippen molar-refractivity contribution < 1.29 is 23.8 Å². The molecule has 1 N–H and O–H groups in total. The number of carbonyl (C=O) groups excluding carboxylic acids is 2. The van der Waals surface area contributed by atoms with E-state index in [1.54, 1.807) is 16.8 Å². The molecule has 0 radical (unpaired) electrons. The molecule has 7 rings (SSSR count). The highest BCUT2D eigenvalue weighted by Crippen LogP contribution is 2.67. The Bertz CT molecular complexity index is 1540. The van der Waals surface area contributed by atoms with Crippen LogP contribution in [0.25, 0.3) is 11.8 Å². The Morgan fingerprint density at radius 1 is 1.20 bits per heavy atom. The summed E-state index contributed by atoms with van der Waals surface area (Å²) in [5.74, 6) is -0.334. The molecule has 41 heavy (non-hydrogen) atoms. The standard InChI is InChI=1S/C32H34FN3O4S/c1-30-14-21-24(36(19-6-4-18(33)5-7-19)35-27(21)40-29(39)32(16-34)11-12-32)13-17(30)3-8-20-22-9-10-23(28(38)41)31(22,2)15-25(37)26(20)30/h4-7,13,20,22-23,25-26,37H,3,8-12,14-15H2,1-2H3,(H,38,41)/t20-,22-,23-,25-,26+,30-,31-/m0/s1. The molecule has 7 atom stereocenters. The van der Waals surface area contributed by atoms with Crippen molar-refractivity contribution >= 4 is 29.8 Å². The van der Waals surface area contributed by atoms with Gasteiger partial charge in [0.2, 0.25) is 5.88 Å². The van der Waals surface area contributed by atoms with E-state index in [1.807, 2.05) is 0 Å². The lowest BCUT2D eigenvalue weighted by Gasteiger charge is -2.59. The molecule has 4 fully saturated rings. The molecule has 0 amide bonds. The summed E-state index contributed by atoms with van der Waals surface area (Å²) in [7, 11) is 0. The number of fused-ring (bicyclic) bond motifs is 6. The summed E-state index contributed by atoms with van der Waals surface area (Å²) in [5, 5.41) is 26.0. The molecule has 1 heterocycles. The van der Waals surface area contributed by atoms with Gasteiger partial charge in [-0.15, -0.1) is 17.7 Å². The lowest BCUT2D eigenvalue weighted by Crippen LogP contribution is -2.57. The van der Waals surface area contributed by atoms with Crippen LogP contribution in [0.2, 0.25) is 0 Å². The summed E-state index contributed by atoms with van der Waals surface area (Å²) in [6.07, 6.45) is 7.12. The van der Waals surface area contributed by atoms with Crippen LogP contribution in [-0.2, 0) is 16.0 Å². The van der Waals surface area contributed by atoms with E-state index in [-0.39, 0.29) is 40.0 Å². The van der Waals surface area contributed by atoms with Gasteiger partial charge in [-0.25, -0.2) is 13.9 Å². The summed E-state index contributed by atoms with van der Waals surface area (Å²) >= 11 is 4.22. The van der Waals surface area contributed by atoms with E-state index in [4.69, 9.17) is 9.84 Å². The molecule has 1 aromatic heterocycles. The Balaban J connectivity index is 1.30. The van der Waals surface area contributed by atoms with Crippen molar-refractivity contribution in [2.45, 2.75) is 71.3 Å². The molecule has 1 aromatic carbocycles. The number of hydrogen-bond donors (Lipinski definition) is 2. The zero-order chi connectivity index (χ0) is 28.9. The van der Waals surface area contributed by atoms with Gasteiger partial charge < -0.3 is 9.84 Å². The number of halogens is 1. The molecular weight excluding hydrogens is 541 g/mol. The molecule has 4 saturated carbocycles. The van der Waals surface area contributed by atoms with Crippen LogP contribution in [0, 0.1) is 57.1 Å².